The van der Waals surface area contributed by atoms with E-state index in [2.05, 4.69) is 29.2 Å². The molecule has 2 rings (SSSR count). The monoisotopic (exact) mass is 283 g/mol. The van der Waals surface area contributed by atoms with Crippen molar-refractivity contribution in [2.24, 2.45) is 0 Å². The number of hydrogen-bond acceptors (Lipinski definition) is 5. The number of carbonyl (C=O) groups is 1. The number of methoxy groups -OCH3 is 1. The lowest BCUT2D eigenvalue weighted by atomic mass is 10.1. The summed E-state index contributed by atoms with van der Waals surface area (Å²) < 4.78 is 4.90. The number of hydrogen-bond donors (Lipinski definition) is 1. The van der Waals surface area contributed by atoms with Crippen molar-refractivity contribution >= 4 is 5.97 Å². The van der Waals surface area contributed by atoms with Gasteiger partial charge in [0.25, 0.3) is 0 Å². The van der Waals surface area contributed by atoms with Crippen LogP contribution in [-0.2, 0) is 9.53 Å². The zero-order valence-electron chi connectivity index (χ0n) is 13.1. The Morgan fingerprint density at radius 3 is 2.75 bits per heavy atom. The molecule has 1 heterocycles. The van der Waals surface area contributed by atoms with Gasteiger partial charge in [-0.05, 0) is 59.3 Å². The molecule has 20 heavy (non-hydrogen) atoms. The van der Waals surface area contributed by atoms with E-state index in [9.17, 15) is 4.79 Å². The molecular weight excluding hydrogens is 254 g/mol. The lowest BCUT2D eigenvalue weighted by molar-refractivity contribution is -0.143. The van der Waals surface area contributed by atoms with E-state index in [1.807, 2.05) is 0 Å². The molecule has 2 fully saturated rings. The second-order valence-electron chi connectivity index (χ2n) is 6.34. The van der Waals surface area contributed by atoms with Crippen molar-refractivity contribution in [2.75, 3.05) is 40.8 Å². The summed E-state index contributed by atoms with van der Waals surface area (Å²) in [5.41, 5.74) is 0. The molecule has 2 aliphatic rings. The Balaban J connectivity index is 1.71. The Hall–Kier alpha value is -0.650. The van der Waals surface area contributed by atoms with Crippen molar-refractivity contribution in [3.63, 3.8) is 0 Å². The van der Waals surface area contributed by atoms with Crippen LogP contribution in [0, 0.1) is 0 Å². The highest BCUT2D eigenvalue weighted by atomic mass is 16.5. The van der Waals surface area contributed by atoms with Crippen molar-refractivity contribution in [1.82, 2.24) is 15.1 Å². The SMILES string of the molecule is COC(=O)C(CCN(C)CC1CCCN1C)NC1CC1. The van der Waals surface area contributed by atoms with Crippen LogP contribution in [0.25, 0.3) is 0 Å². The van der Waals surface area contributed by atoms with E-state index in [1.54, 1.807) is 0 Å². The fraction of sp³-hybridized carbons (Fsp3) is 0.933. The van der Waals surface area contributed by atoms with E-state index in [0.29, 0.717) is 12.1 Å². The Bertz CT molecular complexity index is 320. The number of ether oxygens (including phenoxy) is 1. The van der Waals surface area contributed by atoms with Gasteiger partial charge < -0.3 is 19.9 Å². The van der Waals surface area contributed by atoms with E-state index in [-0.39, 0.29) is 12.0 Å². The molecule has 0 spiro atoms. The highest BCUT2D eigenvalue weighted by Crippen LogP contribution is 2.20. The van der Waals surface area contributed by atoms with Gasteiger partial charge in [0, 0.05) is 18.6 Å². The summed E-state index contributed by atoms with van der Waals surface area (Å²) in [5, 5.41) is 3.39. The van der Waals surface area contributed by atoms with Crippen LogP contribution in [0.5, 0.6) is 0 Å². The van der Waals surface area contributed by atoms with Crippen LogP contribution in [0.15, 0.2) is 0 Å². The second kappa shape index (κ2) is 7.38. The van der Waals surface area contributed by atoms with Gasteiger partial charge in [-0.25, -0.2) is 0 Å². The van der Waals surface area contributed by atoms with Crippen LogP contribution in [-0.4, -0.2) is 74.7 Å². The molecule has 0 aromatic heterocycles. The minimum Gasteiger partial charge on any atom is -0.468 e. The average Bonchev–Trinajstić information content (AvgIpc) is 3.17. The molecule has 1 saturated carbocycles. The van der Waals surface area contributed by atoms with Crippen molar-refractivity contribution in [3.05, 3.63) is 0 Å². The lowest BCUT2D eigenvalue weighted by Crippen LogP contribution is -2.43. The molecule has 0 aromatic carbocycles. The molecular formula is C15H29N3O2. The van der Waals surface area contributed by atoms with E-state index in [1.165, 1.54) is 39.3 Å². The van der Waals surface area contributed by atoms with Gasteiger partial charge in [0.15, 0.2) is 0 Å². The molecule has 0 bridgehead atoms. The first-order valence-corrected chi connectivity index (χ1v) is 7.83. The van der Waals surface area contributed by atoms with Gasteiger partial charge in [-0.1, -0.05) is 0 Å². The van der Waals surface area contributed by atoms with E-state index >= 15 is 0 Å². The van der Waals surface area contributed by atoms with Gasteiger partial charge in [0.05, 0.1) is 7.11 Å². The third kappa shape index (κ3) is 4.72. The quantitative estimate of drug-likeness (QED) is 0.664. The Morgan fingerprint density at radius 2 is 2.20 bits per heavy atom. The van der Waals surface area contributed by atoms with Crippen molar-refractivity contribution < 1.29 is 9.53 Å². The molecule has 2 unspecified atom stereocenters. The molecule has 1 N–H and O–H groups in total. The fourth-order valence-corrected chi connectivity index (χ4v) is 2.96. The van der Waals surface area contributed by atoms with Crippen LogP contribution in [0.3, 0.4) is 0 Å². The van der Waals surface area contributed by atoms with Gasteiger partial charge >= 0.3 is 5.97 Å². The molecule has 116 valence electrons. The maximum absolute atomic E-state index is 11.8. The lowest BCUT2D eigenvalue weighted by Gasteiger charge is -2.27. The van der Waals surface area contributed by atoms with Crippen molar-refractivity contribution in [3.8, 4) is 0 Å². The first kappa shape index (κ1) is 15.7. The first-order valence-electron chi connectivity index (χ1n) is 7.83. The third-order valence-electron chi connectivity index (χ3n) is 4.49. The van der Waals surface area contributed by atoms with Crippen LogP contribution in [0.2, 0.25) is 0 Å². The predicted octanol–water partition coefficient (Wildman–Crippen LogP) is 0.696. The number of esters is 1. The average molecular weight is 283 g/mol. The molecule has 5 heteroatoms. The molecule has 0 radical (unpaired) electrons. The maximum Gasteiger partial charge on any atom is 0.322 e. The number of nitrogens with one attached hydrogen (secondary N) is 1. The Labute approximate surface area is 122 Å². The zero-order chi connectivity index (χ0) is 14.5. The zero-order valence-corrected chi connectivity index (χ0v) is 13.1. The molecule has 1 aliphatic heterocycles. The second-order valence-corrected chi connectivity index (χ2v) is 6.34. The topological polar surface area (TPSA) is 44.8 Å². The van der Waals surface area contributed by atoms with Gasteiger partial charge in [-0.3, -0.25) is 4.79 Å². The minimum absolute atomic E-state index is 0.122. The summed E-state index contributed by atoms with van der Waals surface area (Å²) >= 11 is 0. The van der Waals surface area contributed by atoms with Gasteiger partial charge in [-0.2, -0.15) is 0 Å². The summed E-state index contributed by atoms with van der Waals surface area (Å²) in [6.45, 7) is 3.24. The number of rotatable bonds is 8. The Morgan fingerprint density at radius 1 is 1.45 bits per heavy atom. The normalized spacial score (nSPS) is 25.1. The van der Waals surface area contributed by atoms with E-state index in [0.717, 1.165) is 19.5 Å². The van der Waals surface area contributed by atoms with Crippen LogP contribution < -0.4 is 5.32 Å². The van der Waals surface area contributed by atoms with E-state index in [4.69, 9.17) is 4.74 Å². The number of likely N-dealkylation sites (N-methyl/N-ethyl adjacent to an activating group) is 2. The highest BCUT2D eigenvalue weighted by molar-refractivity contribution is 5.75. The molecule has 2 atom stereocenters. The summed E-state index contributed by atoms with van der Waals surface area (Å²) in [6.07, 6.45) is 5.81. The summed E-state index contributed by atoms with van der Waals surface area (Å²) in [4.78, 5) is 16.6. The number of likely N-dealkylation sites (tertiary alicyclic amines) is 1. The third-order valence-corrected chi connectivity index (χ3v) is 4.49. The summed E-state index contributed by atoms with van der Waals surface area (Å²) in [6, 6.07) is 1.06. The summed E-state index contributed by atoms with van der Waals surface area (Å²) in [7, 11) is 5.83. The number of carbonyl (C=O) groups excluding carboxylic acids is 1. The molecule has 1 saturated heterocycles. The maximum atomic E-state index is 11.8. The van der Waals surface area contributed by atoms with Crippen LogP contribution in [0.1, 0.15) is 32.1 Å². The van der Waals surface area contributed by atoms with Crippen LogP contribution in [0.4, 0.5) is 0 Å². The molecule has 0 amide bonds. The standard InChI is InChI=1S/C15H29N3O2/c1-17(11-13-5-4-9-18(13)2)10-8-14(15(19)20-3)16-12-6-7-12/h12-14,16H,4-11H2,1-3H3. The smallest absolute Gasteiger partial charge is 0.322 e. The minimum atomic E-state index is -0.142. The van der Waals surface area contributed by atoms with E-state index < -0.39 is 0 Å². The highest BCUT2D eigenvalue weighted by Gasteiger charge is 2.29. The first-order chi connectivity index (χ1) is 9.60. The van der Waals surface area contributed by atoms with Crippen molar-refractivity contribution in [1.29, 1.82) is 0 Å². The Kier molecular flexibility index (Phi) is 5.81. The van der Waals surface area contributed by atoms with Gasteiger partial charge in [0.1, 0.15) is 6.04 Å². The van der Waals surface area contributed by atoms with Gasteiger partial charge in [0.2, 0.25) is 0 Å². The summed E-state index contributed by atoms with van der Waals surface area (Å²) in [5.74, 6) is -0.122. The molecule has 0 aromatic rings. The predicted molar refractivity (Wildman–Crippen MR) is 79.7 cm³/mol. The number of nitrogens with zero attached hydrogens (tertiary/aromatic N) is 2. The molecule has 5 nitrogen and oxygen atoms in total. The largest absolute Gasteiger partial charge is 0.468 e. The fourth-order valence-electron chi connectivity index (χ4n) is 2.96. The van der Waals surface area contributed by atoms with Crippen LogP contribution >= 0.6 is 0 Å². The van der Waals surface area contributed by atoms with Gasteiger partial charge in [-0.15, -0.1) is 0 Å². The van der Waals surface area contributed by atoms with Crippen molar-refractivity contribution in [2.45, 2.75) is 50.2 Å². The molecule has 1 aliphatic carbocycles.